The minimum absolute atomic E-state index is 0.975. The second-order valence-corrected chi connectivity index (χ2v) is 4.90. The molecule has 1 aliphatic carbocycles. The number of hydrogen-bond donors (Lipinski definition) is 0. The highest BCUT2D eigenvalue weighted by atomic mass is 35.5. The first-order valence-electron chi connectivity index (χ1n) is 5.87. The summed E-state index contributed by atoms with van der Waals surface area (Å²) in [4.78, 5) is 0. The smallest absolute Gasteiger partial charge is 0.198 e. The van der Waals surface area contributed by atoms with Crippen LogP contribution < -0.4 is 4.57 Å². The van der Waals surface area contributed by atoms with Crippen molar-refractivity contribution in [1.82, 2.24) is 0 Å². The van der Waals surface area contributed by atoms with Crippen LogP contribution in [0.15, 0.2) is 24.3 Å². The highest BCUT2D eigenvalue weighted by Gasteiger charge is 2.24. The molecular weight excluding hydrogens is 218 g/mol. The van der Waals surface area contributed by atoms with Crippen molar-refractivity contribution in [3.8, 4) is 0 Å². The van der Waals surface area contributed by atoms with E-state index in [0.717, 1.165) is 17.9 Å². The molecule has 0 fully saturated rings. The summed E-state index contributed by atoms with van der Waals surface area (Å²) in [7, 11) is 2.16. The minimum atomic E-state index is 0.975. The normalized spacial score (nSPS) is 15.1. The zero-order valence-corrected chi connectivity index (χ0v) is 10.2. The van der Waals surface area contributed by atoms with Crippen molar-refractivity contribution in [1.29, 1.82) is 0 Å². The van der Waals surface area contributed by atoms with Gasteiger partial charge in [-0.1, -0.05) is 23.7 Å². The van der Waals surface area contributed by atoms with Gasteiger partial charge in [-0.15, -0.1) is 0 Å². The summed E-state index contributed by atoms with van der Waals surface area (Å²) < 4.78 is 2.32. The Kier molecular flexibility index (Phi) is 2.36. The molecule has 1 aliphatic rings. The Morgan fingerprint density at radius 2 is 1.88 bits per heavy atom. The number of benzene rings is 1. The Morgan fingerprint density at radius 3 is 2.75 bits per heavy atom. The predicted octanol–water partition coefficient (Wildman–Crippen LogP) is 3.20. The SMILES string of the molecule is C[n+]1c2c(c(Cl)c3ccccc31)CCCC2. The molecule has 0 amide bonds. The summed E-state index contributed by atoms with van der Waals surface area (Å²) in [5, 5.41) is 2.16. The first-order chi connectivity index (χ1) is 7.79. The first-order valence-corrected chi connectivity index (χ1v) is 6.25. The van der Waals surface area contributed by atoms with E-state index in [1.54, 1.807) is 0 Å². The van der Waals surface area contributed by atoms with E-state index in [-0.39, 0.29) is 0 Å². The molecule has 0 radical (unpaired) electrons. The van der Waals surface area contributed by atoms with E-state index in [2.05, 4.69) is 35.9 Å². The van der Waals surface area contributed by atoms with Crippen molar-refractivity contribution in [3.05, 3.63) is 40.5 Å². The summed E-state index contributed by atoms with van der Waals surface area (Å²) in [5.74, 6) is 0. The molecular formula is C14H15ClN+. The summed E-state index contributed by atoms with van der Waals surface area (Å²) in [6, 6.07) is 8.40. The minimum Gasteiger partial charge on any atom is -0.198 e. The van der Waals surface area contributed by atoms with Gasteiger partial charge in [0, 0.05) is 18.1 Å². The third-order valence-electron chi connectivity index (χ3n) is 3.61. The molecule has 1 nitrogen and oxygen atoms in total. The molecule has 0 spiro atoms. The van der Waals surface area contributed by atoms with E-state index in [4.69, 9.17) is 11.6 Å². The topological polar surface area (TPSA) is 3.88 Å². The zero-order chi connectivity index (χ0) is 11.1. The number of aryl methyl sites for hydroxylation is 1. The van der Waals surface area contributed by atoms with E-state index in [9.17, 15) is 0 Å². The third-order valence-corrected chi connectivity index (χ3v) is 4.04. The predicted molar refractivity (Wildman–Crippen MR) is 66.8 cm³/mol. The van der Waals surface area contributed by atoms with Gasteiger partial charge in [0.2, 0.25) is 5.52 Å². The van der Waals surface area contributed by atoms with Gasteiger partial charge in [0.25, 0.3) is 0 Å². The van der Waals surface area contributed by atoms with Gasteiger partial charge in [-0.2, -0.15) is 4.57 Å². The number of rotatable bonds is 0. The average Bonchev–Trinajstić information content (AvgIpc) is 2.36. The van der Waals surface area contributed by atoms with Gasteiger partial charge < -0.3 is 0 Å². The van der Waals surface area contributed by atoms with Crippen molar-refractivity contribution in [2.75, 3.05) is 0 Å². The van der Waals surface area contributed by atoms with Crippen LogP contribution in [0.2, 0.25) is 5.02 Å². The van der Waals surface area contributed by atoms with E-state index in [0.29, 0.717) is 0 Å². The molecule has 3 rings (SSSR count). The van der Waals surface area contributed by atoms with Crippen LogP contribution in [0, 0.1) is 0 Å². The second-order valence-electron chi connectivity index (χ2n) is 4.52. The summed E-state index contributed by atoms with van der Waals surface area (Å²) in [5.41, 5.74) is 4.04. The molecule has 2 heteroatoms. The Labute approximate surface area is 101 Å². The van der Waals surface area contributed by atoms with Crippen molar-refractivity contribution >= 4 is 22.5 Å². The van der Waals surface area contributed by atoms with Crippen molar-refractivity contribution in [2.45, 2.75) is 25.7 Å². The van der Waals surface area contributed by atoms with Crippen molar-refractivity contribution in [2.24, 2.45) is 7.05 Å². The first kappa shape index (κ1) is 10.1. The lowest BCUT2D eigenvalue weighted by molar-refractivity contribution is -0.653. The molecule has 82 valence electrons. The fourth-order valence-corrected chi connectivity index (χ4v) is 3.12. The Hall–Kier alpha value is -1.08. The Bertz CT molecular complexity index is 510. The molecule has 0 saturated carbocycles. The lowest BCUT2D eigenvalue weighted by Gasteiger charge is -2.16. The van der Waals surface area contributed by atoms with Crippen LogP contribution in [0.3, 0.4) is 0 Å². The maximum Gasteiger partial charge on any atom is 0.213 e. The summed E-state index contributed by atoms with van der Waals surface area (Å²) >= 11 is 6.52. The number of para-hydroxylation sites is 1. The second kappa shape index (κ2) is 3.74. The largest absolute Gasteiger partial charge is 0.213 e. The lowest BCUT2D eigenvalue weighted by Crippen LogP contribution is -2.37. The van der Waals surface area contributed by atoms with Gasteiger partial charge in [0.05, 0.1) is 10.4 Å². The number of nitrogens with zero attached hydrogens (tertiary/aromatic N) is 1. The van der Waals surface area contributed by atoms with Gasteiger partial charge in [-0.25, -0.2) is 0 Å². The van der Waals surface area contributed by atoms with Gasteiger partial charge in [0.1, 0.15) is 7.05 Å². The van der Waals surface area contributed by atoms with E-state index in [1.165, 1.54) is 35.0 Å². The maximum absolute atomic E-state index is 6.52. The van der Waals surface area contributed by atoms with Gasteiger partial charge in [-0.05, 0) is 25.3 Å². The van der Waals surface area contributed by atoms with E-state index >= 15 is 0 Å². The fourth-order valence-electron chi connectivity index (χ4n) is 2.76. The van der Waals surface area contributed by atoms with Crippen LogP contribution in [0.4, 0.5) is 0 Å². The van der Waals surface area contributed by atoms with Crippen LogP contribution in [-0.2, 0) is 19.9 Å². The molecule has 16 heavy (non-hydrogen) atoms. The van der Waals surface area contributed by atoms with E-state index in [1.807, 2.05) is 0 Å². The van der Waals surface area contributed by atoms with Crippen LogP contribution in [0.25, 0.3) is 10.9 Å². The molecule has 0 atom stereocenters. The number of fused-ring (bicyclic) bond motifs is 2. The van der Waals surface area contributed by atoms with E-state index < -0.39 is 0 Å². The van der Waals surface area contributed by atoms with Crippen LogP contribution in [0.1, 0.15) is 24.1 Å². The number of pyridine rings is 1. The summed E-state index contributed by atoms with van der Waals surface area (Å²) in [6.45, 7) is 0. The fraction of sp³-hybridized carbons (Fsp3) is 0.357. The highest BCUT2D eigenvalue weighted by Crippen LogP contribution is 2.31. The van der Waals surface area contributed by atoms with Gasteiger partial charge in [0.15, 0.2) is 5.69 Å². The lowest BCUT2D eigenvalue weighted by atomic mass is 9.94. The molecule has 0 unspecified atom stereocenters. The summed E-state index contributed by atoms with van der Waals surface area (Å²) in [6.07, 6.45) is 4.85. The van der Waals surface area contributed by atoms with Gasteiger partial charge in [-0.3, -0.25) is 0 Å². The molecule has 2 aromatic rings. The zero-order valence-electron chi connectivity index (χ0n) is 9.46. The monoisotopic (exact) mass is 232 g/mol. The number of hydrogen-bond acceptors (Lipinski definition) is 0. The number of halogens is 1. The molecule has 0 aliphatic heterocycles. The molecule has 0 N–H and O–H groups in total. The van der Waals surface area contributed by atoms with Crippen LogP contribution >= 0.6 is 11.6 Å². The third kappa shape index (κ3) is 1.35. The van der Waals surface area contributed by atoms with Crippen LogP contribution in [0.5, 0.6) is 0 Å². The van der Waals surface area contributed by atoms with Crippen molar-refractivity contribution in [3.63, 3.8) is 0 Å². The van der Waals surface area contributed by atoms with Crippen molar-refractivity contribution < 1.29 is 4.57 Å². The molecule has 0 bridgehead atoms. The average molecular weight is 233 g/mol. The molecule has 1 aromatic carbocycles. The number of aromatic nitrogens is 1. The standard InChI is InChI=1S/C14H15ClN/c1-16-12-8-4-2-6-10(12)14(15)11-7-3-5-9-13(11)16/h2,4,6,8H,3,5,7,9H2,1H3/q+1. The Balaban J connectivity index is 2.44. The highest BCUT2D eigenvalue weighted by molar-refractivity contribution is 6.36. The molecule has 1 aromatic heterocycles. The van der Waals surface area contributed by atoms with Crippen LogP contribution in [-0.4, -0.2) is 0 Å². The maximum atomic E-state index is 6.52. The molecule has 0 saturated heterocycles. The van der Waals surface area contributed by atoms with Gasteiger partial charge >= 0.3 is 0 Å². The quantitative estimate of drug-likeness (QED) is 0.615. The molecule has 1 heterocycles. The Morgan fingerprint density at radius 1 is 1.12 bits per heavy atom.